The Bertz CT molecular complexity index is 1400. The number of nitrogens with zero attached hydrogens (tertiary/aromatic N) is 2. The number of methoxy groups -OCH3 is 1. The number of hydrogen-bond donors (Lipinski definition) is 1. The van der Waals surface area contributed by atoms with Crippen LogP contribution in [-0.2, 0) is 39.0 Å². The zero-order valence-corrected chi connectivity index (χ0v) is 25.2. The molecule has 9 heteroatoms. The summed E-state index contributed by atoms with van der Waals surface area (Å²) in [4.78, 5) is 29.4. The van der Waals surface area contributed by atoms with E-state index >= 15 is 0 Å². The van der Waals surface area contributed by atoms with Crippen LogP contribution in [-0.4, -0.2) is 57.6 Å². The number of unbranched alkanes of at least 4 members (excludes halogenated alkanes) is 1. The fraction of sp³-hybridized carbons (Fsp3) is 0.375. The highest BCUT2D eigenvalue weighted by Crippen LogP contribution is 2.25. The molecule has 41 heavy (non-hydrogen) atoms. The van der Waals surface area contributed by atoms with Gasteiger partial charge < -0.3 is 15.0 Å². The smallest absolute Gasteiger partial charge is 0.244 e. The number of sulfonamides is 1. The lowest BCUT2D eigenvalue weighted by molar-refractivity contribution is -0.140. The number of carbonyl (C=O) groups excluding carboxylic acids is 2. The maximum Gasteiger partial charge on any atom is 0.244 e. The van der Waals surface area contributed by atoms with Crippen LogP contribution in [0.5, 0.6) is 5.75 Å². The van der Waals surface area contributed by atoms with E-state index in [9.17, 15) is 18.0 Å². The molecule has 1 N–H and O–H groups in total. The van der Waals surface area contributed by atoms with E-state index in [4.69, 9.17) is 4.74 Å². The first-order chi connectivity index (χ1) is 19.7. The molecule has 8 nitrogen and oxygen atoms in total. The highest BCUT2D eigenvalue weighted by atomic mass is 32.2. The summed E-state index contributed by atoms with van der Waals surface area (Å²) < 4.78 is 32.6. The van der Waals surface area contributed by atoms with Gasteiger partial charge in [-0.1, -0.05) is 80.9 Å². The van der Waals surface area contributed by atoms with Crippen molar-refractivity contribution in [3.8, 4) is 5.75 Å². The predicted molar refractivity (Wildman–Crippen MR) is 163 cm³/mol. The third-order valence-electron chi connectivity index (χ3n) is 6.91. The van der Waals surface area contributed by atoms with Gasteiger partial charge in [0.2, 0.25) is 21.8 Å². The number of rotatable bonds is 15. The summed E-state index contributed by atoms with van der Waals surface area (Å²) in [6.45, 7) is 4.13. The summed E-state index contributed by atoms with van der Waals surface area (Å²) in [5.41, 5.74) is 2.92. The second-order valence-electron chi connectivity index (χ2n) is 9.98. The Labute approximate surface area is 244 Å². The van der Waals surface area contributed by atoms with Crippen LogP contribution >= 0.6 is 0 Å². The van der Waals surface area contributed by atoms with Crippen molar-refractivity contribution in [1.29, 1.82) is 0 Å². The minimum absolute atomic E-state index is 0.0990. The lowest BCUT2D eigenvalue weighted by atomic mass is 10.0. The molecule has 3 aromatic rings. The first kappa shape index (κ1) is 31.7. The van der Waals surface area contributed by atoms with Gasteiger partial charge >= 0.3 is 0 Å². The molecular weight excluding hydrogens is 538 g/mol. The van der Waals surface area contributed by atoms with Crippen molar-refractivity contribution in [1.82, 2.24) is 10.2 Å². The molecule has 0 radical (unpaired) electrons. The first-order valence-corrected chi connectivity index (χ1v) is 15.8. The van der Waals surface area contributed by atoms with Gasteiger partial charge in [0.15, 0.2) is 0 Å². The van der Waals surface area contributed by atoms with Gasteiger partial charge in [0.1, 0.15) is 18.3 Å². The number of anilines is 1. The quantitative estimate of drug-likeness (QED) is 0.266. The van der Waals surface area contributed by atoms with Crippen LogP contribution in [0.3, 0.4) is 0 Å². The van der Waals surface area contributed by atoms with Gasteiger partial charge in [-0.25, -0.2) is 8.42 Å². The molecule has 2 amide bonds. The van der Waals surface area contributed by atoms with Crippen molar-refractivity contribution in [3.63, 3.8) is 0 Å². The van der Waals surface area contributed by atoms with Crippen LogP contribution in [0.4, 0.5) is 5.69 Å². The number of carbonyl (C=O) groups is 2. The highest BCUT2D eigenvalue weighted by molar-refractivity contribution is 7.92. The largest absolute Gasteiger partial charge is 0.497 e. The van der Waals surface area contributed by atoms with Gasteiger partial charge in [-0.2, -0.15) is 0 Å². The molecule has 0 spiro atoms. The van der Waals surface area contributed by atoms with Crippen molar-refractivity contribution < 1.29 is 22.7 Å². The molecule has 0 aromatic heterocycles. The Morgan fingerprint density at radius 3 is 2.27 bits per heavy atom. The standard InChI is InChI=1S/C32H41N3O5S/c1-5-7-20-33-32(37)30(22-25-14-9-8-10-15-25)34(23-26-16-13-18-28(21-26)40-3)31(36)24-35(41(4,38)39)29-19-12-11-17-27(29)6-2/h8-19,21,30H,5-7,20,22-24H2,1-4H3,(H,33,37)/t30-/m1/s1. The van der Waals surface area contributed by atoms with E-state index in [0.29, 0.717) is 24.4 Å². The molecule has 0 unspecified atom stereocenters. The first-order valence-electron chi connectivity index (χ1n) is 14.0. The monoisotopic (exact) mass is 579 g/mol. The molecule has 0 fully saturated rings. The second-order valence-corrected chi connectivity index (χ2v) is 11.9. The van der Waals surface area contributed by atoms with E-state index in [1.54, 1.807) is 19.2 Å². The van der Waals surface area contributed by atoms with Crippen LogP contribution < -0.4 is 14.4 Å². The third kappa shape index (κ3) is 9.08. The molecule has 220 valence electrons. The SMILES string of the molecule is CCCCNC(=O)[C@@H](Cc1ccccc1)N(Cc1cccc(OC)c1)C(=O)CN(c1ccccc1CC)S(C)(=O)=O. The molecule has 0 aliphatic heterocycles. The Kier molecular flexibility index (Phi) is 11.8. The topological polar surface area (TPSA) is 96.0 Å². The summed E-state index contributed by atoms with van der Waals surface area (Å²) in [5.74, 6) is -0.134. The molecule has 0 heterocycles. The molecule has 0 saturated carbocycles. The van der Waals surface area contributed by atoms with Gasteiger partial charge in [0.05, 0.1) is 19.1 Å². The summed E-state index contributed by atoms with van der Waals surface area (Å²) >= 11 is 0. The minimum atomic E-state index is -3.82. The number of ether oxygens (including phenoxy) is 1. The number of nitrogens with one attached hydrogen (secondary N) is 1. The van der Waals surface area contributed by atoms with Crippen molar-refractivity contribution in [2.24, 2.45) is 0 Å². The maximum atomic E-state index is 14.2. The van der Waals surface area contributed by atoms with Gasteiger partial charge in [0, 0.05) is 19.5 Å². The van der Waals surface area contributed by atoms with E-state index < -0.39 is 28.5 Å². The number of aryl methyl sites for hydroxylation is 1. The van der Waals surface area contributed by atoms with Crippen molar-refractivity contribution in [3.05, 3.63) is 95.6 Å². The summed E-state index contributed by atoms with van der Waals surface area (Å²) in [5, 5.41) is 2.99. The Balaban J connectivity index is 2.07. The average molecular weight is 580 g/mol. The Hall–Kier alpha value is -3.85. The summed E-state index contributed by atoms with van der Waals surface area (Å²) in [6.07, 6.45) is 3.69. The van der Waals surface area contributed by atoms with Crippen LogP contribution in [0, 0.1) is 0 Å². The normalized spacial score (nSPS) is 11.9. The predicted octanol–water partition coefficient (Wildman–Crippen LogP) is 4.58. The molecule has 1 atom stereocenters. The van der Waals surface area contributed by atoms with Crippen LogP contribution in [0.15, 0.2) is 78.9 Å². The Morgan fingerprint density at radius 1 is 0.927 bits per heavy atom. The molecule has 0 aliphatic carbocycles. The van der Waals surface area contributed by atoms with Crippen molar-refractivity contribution in [2.75, 3.05) is 30.8 Å². The number of amides is 2. The zero-order valence-electron chi connectivity index (χ0n) is 24.4. The van der Waals surface area contributed by atoms with Gasteiger partial charge in [-0.15, -0.1) is 0 Å². The van der Waals surface area contributed by atoms with E-state index in [1.165, 1.54) is 4.90 Å². The van der Waals surface area contributed by atoms with E-state index in [0.717, 1.165) is 40.1 Å². The average Bonchev–Trinajstić information content (AvgIpc) is 2.97. The Morgan fingerprint density at radius 2 is 1.61 bits per heavy atom. The molecule has 0 saturated heterocycles. The van der Waals surface area contributed by atoms with E-state index in [2.05, 4.69) is 5.32 Å². The zero-order chi connectivity index (χ0) is 29.8. The van der Waals surface area contributed by atoms with E-state index in [1.807, 2.05) is 80.6 Å². The van der Waals surface area contributed by atoms with Crippen molar-refractivity contribution >= 4 is 27.5 Å². The summed E-state index contributed by atoms with van der Waals surface area (Å²) in [6, 6.07) is 23.1. The summed E-state index contributed by atoms with van der Waals surface area (Å²) in [7, 11) is -2.25. The van der Waals surface area contributed by atoms with Gasteiger partial charge in [-0.05, 0) is 47.7 Å². The van der Waals surface area contributed by atoms with Gasteiger partial charge in [0.25, 0.3) is 0 Å². The number of benzene rings is 3. The third-order valence-corrected chi connectivity index (χ3v) is 8.03. The lowest BCUT2D eigenvalue weighted by Crippen LogP contribution is -2.53. The molecule has 0 bridgehead atoms. The number of hydrogen-bond acceptors (Lipinski definition) is 5. The van der Waals surface area contributed by atoms with Crippen molar-refractivity contribution in [2.45, 2.75) is 52.1 Å². The molecular formula is C32H41N3O5S. The van der Waals surface area contributed by atoms with Crippen LogP contribution in [0.25, 0.3) is 0 Å². The fourth-order valence-electron chi connectivity index (χ4n) is 4.68. The fourth-order valence-corrected chi connectivity index (χ4v) is 5.56. The maximum absolute atomic E-state index is 14.2. The van der Waals surface area contributed by atoms with E-state index in [-0.39, 0.29) is 18.9 Å². The van der Waals surface area contributed by atoms with Gasteiger partial charge in [-0.3, -0.25) is 13.9 Å². The molecule has 3 aromatic carbocycles. The lowest BCUT2D eigenvalue weighted by Gasteiger charge is -2.34. The second kappa shape index (κ2) is 15.2. The molecule has 3 rings (SSSR count). The minimum Gasteiger partial charge on any atom is -0.497 e. The molecule has 0 aliphatic rings. The number of para-hydroxylation sites is 1. The highest BCUT2D eigenvalue weighted by Gasteiger charge is 2.33. The van der Waals surface area contributed by atoms with Crippen LogP contribution in [0.2, 0.25) is 0 Å². The van der Waals surface area contributed by atoms with Crippen LogP contribution in [0.1, 0.15) is 43.4 Å².